The van der Waals surface area contributed by atoms with Gasteiger partial charge in [-0.15, -0.1) is 0 Å². The fraction of sp³-hybridized carbons (Fsp3) is 0.300. The van der Waals surface area contributed by atoms with E-state index in [1.165, 1.54) is 0 Å². The SMILES string of the molecule is O=C(CCc1ccc(Cl)c(Cl)c1)Nc1cccc(C(=O)N2CCCC2)c1. The molecule has 0 saturated carbocycles. The minimum absolute atomic E-state index is 0.0226. The lowest BCUT2D eigenvalue weighted by Crippen LogP contribution is -2.27. The molecule has 1 aliphatic rings. The van der Waals surface area contributed by atoms with Gasteiger partial charge in [-0.05, 0) is 55.2 Å². The molecule has 26 heavy (non-hydrogen) atoms. The standard InChI is InChI=1S/C20H20Cl2N2O2/c21-17-8-6-14(12-18(17)22)7-9-19(25)23-16-5-3-4-15(13-16)20(26)24-10-1-2-11-24/h3-6,8,12-13H,1-2,7,9-11H2,(H,23,25). The molecule has 0 aliphatic carbocycles. The molecule has 4 nitrogen and oxygen atoms in total. The molecule has 1 fully saturated rings. The van der Waals surface area contributed by atoms with Crippen molar-refractivity contribution < 1.29 is 9.59 Å². The third kappa shape index (κ3) is 4.77. The van der Waals surface area contributed by atoms with E-state index in [1.54, 1.807) is 36.4 Å². The van der Waals surface area contributed by atoms with E-state index in [1.807, 2.05) is 11.0 Å². The average Bonchev–Trinajstić information content (AvgIpc) is 3.17. The number of anilines is 1. The second-order valence-corrected chi connectivity index (χ2v) is 7.19. The number of carbonyl (C=O) groups excluding carboxylic acids is 2. The molecule has 136 valence electrons. The van der Waals surface area contributed by atoms with E-state index in [0.717, 1.165) is 31.5 Å². The van der Waals surface area contributed by atoms with Crippen LogP contribution in [0.1, 0.15) is 35.2 Å². The van der Waals surface area contributed by atoms with Crippen LogP contribution in [0.2, 0.25) is 10.0 Å². The van der Waals surface area contributed by atoms with Gasteiger partial charge in [0.05, 0.1) is 10.0 Å². The third-order valence-corrected chi connectivity index (χ3v) is 5.15. The summed E-state index contributed by atoms with van der Waals surface area (Å²) in [6, 6.07) is 12.5. The average molecular weight is 391 g/mol. The summed E-state index contributed by atoms with van der Waals surface area (Å²) in [5.41, 5.74) is 2.19. The Morgan fingerprint density at radius 3 is 2.50 bits per heavy atom. The number of hydrogen-bond donors (Lipinski definition) is 1. The van der Waals surface area contributed by atoms with Crippen molar-refractivity contribution in [1.82, 2.24) is 4.90 Å². The van der Waals surface area contributed by atoms with Gasteiger partial charge in [-0.25, -0.2) is 0 Å². The van der Waals surface area contributed by atoms with Crippen molar-refractivity contribution in [2.75, 3.05) is 18.4 Å². The van der Waals surface area contributed by atoms with Gasteiger partial charge in [-0.2, -0.15) is 0 Å². The molecule has 2 amide bonds. The molecule has 1 heterocycles. The number of carbonyl (C=O) groups is 2. The van der Waals surface area contributed by atoms with Crippen LogP contribution in [0.15, 0.2) is 42.5 Å². The van der Waals surface area contributed by atoms with E-state index < -0.39 is 0 Å². The second-order valence-electron chi connectivity index (χ2n) is 6.38. The topological polar surface area (TPSA) is 49.4 Å². The number of rotatable bonds is 5. The molecule has 1 aliphatic heterocycles. The second kappa shape index (κ2) is 8.56. The summed E-state index contributed by atoms with van der Waals surface area (Å²) >= 11 is 11.9. The third-order valence-electron chi connectivity index (χ3n) is 4.41. The van der Waals surface area contributed by atoms with Crippen LogP contribution in [-0.4, -0.2) is 29.8 Å². The lowest BCUT2D eigenvalue weighted by Gasteiger charge is -2.15. The number of benzene rings is 2. The number of aryl methyl sites for hydroxylation is 1. The maximum Gasteiger partial charge on any atom is 0.253 e. The summed E-state index contributed by atoms with van der Waals surface area (Å²) < 4.78 is 0. The molecule has 0 radical (unpaired) electrons. The maximum atomic E-state index is 12.4. The molecule has 2 aromatic rings. The summed E-state index contributed by atoms with van der Waals surface area (Å²) in [5.74, 6) is -0.0868. The summed E-state index contributed by atoms with van der Waals surface area (Å²) in [5, 5.41) is 3.84. The predicted octanol–water partition coefficient (Wildman–Crippen LogP) is 4.80. The highest BCUT2D eigenvalue weighted by Crippen LogP contribution is 2.23. The van der Waals surface area contributed by atoms with Crippen LogP contribution in [-0.2, 0) is 11.2 Å². The Kier molecular flexibility index (Phi) is 6.17. The fourth-order valence-corrected chi connectivity index (χ4v) is 3.33. The van der Waals surface area contributed by atoms with E-state index in [-0.39, 0.29) is 11.8 Å². The first-order valence-electron chi connectivity index (χ1n) is 8.66. The van der Waals surface area contributed by atoms with Crippen LogP contribution in [0.3, 0.4) is 0 Å². The number of nitrogens with zero attached hydrogens (tertiary/aromatic N) is 1. The van der Waals surface area contributed by atoms with Crippen LogP contribution >= 0.6 is 23.2 Å². The van der Waals surface area contributed by atoms with Gasteiger partial charge in [0.15, 0.2) is 0 Å². The maximum absolute atomic E-state index is 12.4. The Bertz CT molecular complexity index is 817. The number of hydrogen-bond acceptors (Lipinski definition) is 2. The predicted molar refractivity (Wildman–Crippen MR) is 105 cm³/mol. The van der Waals surface area contributed by atoms with Gasteiger partial charge < -0.3 is 10.2 Å². The number of likely N-dealkylation sites (tertiary alicyclic amines) is 1. The zero-order valence-corrected chi connectivity index (χ0v) is 15.8. The molecule has 2 aromatic carbocycles. The van der Waals surface area contributed by atoms with Gasteiger partial charge in [0, 0.05) is 30.8 Å². The molecular weight excluding hydrogens is 371 g/mol. The Labute approximate surface area is 163 Å². The highest BCUT2D eigenvalue weighted by atomic mass is 35.5. The Hall–Kier alpha value is -2.04. The van der Waals surface area contributed by atoms with E-state index in [9.17, 15) is 9.59 Å². The molecule has 3 rings (SSSR count). The lowest BCUT2D eigenvalue weighted by molar-refractivity contribution is -0.116. The van der Waals surface area contributed by atoms with E-state index in [0.29, 0.717) is 34.1 Å². The summed E-state index contributed by atoms with van der Waals surface area (Å²) in [7, 11) is 0. The normalized spacial score (nSPS) is 13.7. The highest BCUT2D eigenvalue weighted by Gasteiger charge is 2.19. The summed E-state index contributed by atoms with van der Waals surface area (Å²) in [4.78, 5) is 26.5. The number of amides is 2. The monoisotopic (exact) mass is 390 g/mol. The quantitative estimate of drug-likeness (QED) is 0.796. The van der Waals surface area contributed by atoms with Crippen LogP contribution in [0, 0.1) is 0 Å². The molecule has 0 bridgehead atoms. The minimum Gasteiger partial charge on any atom is -0.339 e. The first kappa shape index (κ1) is 18.7. The van der Waals surface area contributed by atoms with E-state index >= 15 is 0 Å². The molecular formula is C20H20Cl2N2O2. The zero-order valence-electron chi connectivity index (χ0n) is 14.3. The molecule has 0 atom stereocenters. The van der Waals surface area contributed by atoms with Crippen LogP contribution in [0.5, 0.6) is 0 Å². The van der Waals surface area contributed by atoms with Gasteiger partial charge >= 0.3 is 0 Å². The molecule has 0 aromatic heterocycles. The summed E-state index contributed by atoms with van der Waals surface area (Å²) in [6.07, 6.45) is 2.99. The fourth-order valence-electron chi connectivity index (χ4n) is 3.01. The van der Waals surface area contributed by atoms with Crippen LogP contribution in [0.25, 0.3) is 0 Å². The first-order chi connectivity index (χ1) is 12.5. The minimum atomic E-state index is -0.109. The van der Waals surface area contributed by atoms with Crippen molar-refractivity contribution in [3.63, 3.8) is 0 Å². The van der Waals surface area contributed by atoms with Gasteiger partial charge in [0.1, 0.15) is 0 Å². The van der Waals surface area contributed by atoms with Crippen molar-refractivity contribution in [2.45, 2.75) is 25.7 Å². The van der Waals surface area contributed by atoms with Crippen molar-refractivity contribution in [1.29, 1.82) is 0 Å². The molecule has 0 spiro atoms. The molecule has 1 N–H and O–H groups in total. The smallest absolute Gasteiger partial charge is 0.253 e. The van der Waals surface area contributed by atoms with Gasteiger partial charge in [0.25, 0.3) is 5.91 Å². The number of halogens is 2. The Morgan fingerprint density at radius 2 is 1.77 bits per heavy atom. The van der Waals surface area contributed by atoms with Crippen molar-refractivity contribution in [3.05, 3.63) is 63.6 Å². The van der Waals surface area contributed by atoms with Gasteiger partial charge in [-0.3, -0.25) is 9.59 Å². The van der Waals surface area contributed by atoms with Gasteiger partial charge in [0.2, 0.25) is 5.91 Å². The number of nitrogens with one attached hydrogen (secondary N) is 1. The van der Waals surface area contributed by atoms with Crippen LogP contribution in [0.4, 0.5) is 5.69 Å². The van der Waals surface area contributed by atoms with Gasteiger partial charge in [-0.1, -0.05) is 35.3 Å². The Balaban J connectivity index is 1.57. The molecule has 0 unspecified atom stereocenters. The Morgan fingerprint density at radius 1 is 1.00 bits per heavy atom. The first-order valence-corrected chi connectivity index (χ1v) is 9.41. The van der Waals surface area contributed by atoms with Crippen LogP contribution < -0.4 is 5.32 Å². The summed E-state index contributed by atoms with van der Waals surface area (Å²) in [6.45, 7) is 1.61. The highest BCUT2D eigenvalue weighted by molar-refractivity contribution is 6.42. The largest absolute Gasteiger partial charge is 0.339 e. The van der Waals surface area contributed by atoms with Crippen molar-refractivity contribution >= 4 is 40.7 Å². The molecule has 6 heteroatoms. The van der Waals surface area contributed by atoms with Crippen molar-refractivity contribution in [3.8, 4) is 0 Å². The van der Waals surface area contributed by atoms with E-state index in [4.69, 9.17) is 23.2 Å². The van der Waals surface area contributed by atoms with E-state index in [2.05, 4.69) is 5.32 Å². The lowest BCUT2D eigenvalue weighted by atomic mass is 10.1. The zero-order chi connectivity index (χ0) is 18.5. The van der Waals surface area contributed by atoms with Crippen molar-refractivity contribution in [2.24, 2.45) is 0 Å². The molecule has 1 saturated heterocycles.